The van der Waals surface area contributed by atoms with Crippen LogP contribution in [0.2, 0.25) is 0 Å². The Balaban J connectivity index is 2.20. The minimum Gasteiger partial charge on any atom is -0.507 e. The van der Waals surface area contributed by atoms with E-state index in [0.717, 1.165) is 27.9 Å². The highest BCUT2D eigenvalue weighted by molar-refractivity contribution is 5.86. The van der Waals surface area contributed by atoms with Gasteiger partial charge in [-0.15, -0.1) is 0 Å². The topological polar surface area (TPSA) is 36.0 Å². The van der Waals surface area contributed by atoms with E-state index in [1.54, 1.807) is 0 Å². The van der Waals surface area contributed by atoms with Gasteiger partial charge in [-0.05, 0) is 54.8 Å². The molecule has 0 aliphatic heterocycles. The van der Waals surface area contributed by atoms with Gasteiger partial charge in [0.25, 0.3) is 0 Å². The van der Waals surface area contributed by atoms with Crippen molar-refractivity contribution in [2.24, 2.45) is 0 Å². The Kier molecular flexibility index (Phi) is 2.37. The Bertz CT molecular complexity index is 669. The van der Waals surface area contributed by atoms with Gasteiger partial charge >= 0.3 is 0 Å². The Morgan fingerprint density at radius 2 is 1.61 bits per heavy atom. The lowest BCUT2D eigenvalue weighted by Crippen LogP contribution is -1.84. The summed E-state index contributed by atoms with van der Waals surface area (Å²) in [5.74, 6) is 0.384. The van der Waals surface area contributed by atoms with Crippen molar-refractivity contribution in [3.63, 3.8) is 0 Å². The number of benzene rings is 2. The molecule has 2 heteroatoms. The number of H-pyrrole nitrogens is 1. The average molecular weight is 237 g/mol. The summed E-state index contributed by atoms with van der Waals surface area (Å²) in [6, 6.07) is 14.4. The summed E-state index contributed by atoms with van der Waals surface area (Å²) < 4.78 is 0. The molecule has 0 spiro atoms. The molecule has 0 aliphatic rings. The Morgan fingerprint density at radius 1 is 0.944 bits per heavy atom. The molecule has 0 aliphatic carbocycles. The van der Waals surface area contributed by atoms with Gasteiger partial charge in [-0.1, -0.05) is 18.2 Å². The second kappa shape index (κ2) is 3.91. The lowest BCUT2D eigenvalue weighted by Gasteiger charge is -2.06. The third-order valence-corrected chi connectivity index (χ3v) is 3.33. The maximum atomic E-state index is 9.81. The first-order valence-corrected chi connectivity index (χ1v) is 6.03. The number of hydrogen-bond acceptors (Lipinski definition) is 1. The zero-order chi connectivity index (χ0) is 12.7. The fourth-order valence-electron chi connectivity index (χ4n) is 2.34. The van der Waals surface area contributed by atoms with Crippen molar-refractivity contribution in [2.45, 2.75) is 13.8 Å². The number of aromatic amines is 1. The highest BCUT2D eigenvalue weighted by Gasteiger charge is 2.07. The number of aryl methyl sites for hydroxylation is 2. The van der Waals surface area contributed by atoms with Crippen molar-refractivity contribution in [3.8, 4) is 17.0 Å². The zero-order valence-electron chi connectivity index (χ0n) is 10.5. The van der Waals surface area contributed by atoms with E-state index in [0.29, 0.717) is 5.75 Å². The van der Waals surface area contributed by atoms with Crippen LogP contribution >= 0.6 is 0 Å². The monoisotopic (exact) mass is 237 g/mol. The van der Waals surface area contributed by atoms with Gasteiger partial charge in [0, 0.05) is 16.6 Å². The van der Waals surface area contributed by atoms with Crippen molar-refractivity contribution in [2.75, 3.05) is 0 Å². The Hall–Kier alpha value is -2.22. The van der Waals surface area contributed by atoms with Gasteiger partial charge in [-0.3, -0.25) is 0 Å². The van der Waals surface area contributed by atoms with Crippen molar-refractivity contribution in [1.29, 1.82) is 0 Å². The van der Waals surface area contributed by atoms with E-state index < -0.39 is 0 Å². The number of nitrogens with one attached hydrogen (secondary N) is 1. The van der Waals surface area contributed by atoms with Crippen LogP contribution in [0.4, 0.5) is 0 Å². The van der Waals surface area contributed by atoms with Crippen LogP contribution < -0.4 is 0 Å². The number of rotatable bonds is 1. The van der Waals surface area contributed by atoms with E-state index in [2.05, 4.69) is 23.2 Å². The molecule has 0 saturated heterocycles. The van der Waals surface area contributed by atoms with Crippen molar-refractivity contribution < 1.29 is 5.11 Å². The standard InChI is InChI=1S/C16H15NO/c1-10-7-13(8-11(2)16(10)18)15-9-12-5-3-4-6-14(12)17-15/h3-9,17-18H,1-2H3. The smallest absolute Gasteiger partial charge is 0.121 e. The maximum Gasteiger partial charge on any atom is 0.121 e. The summed E-state index contributed by atoms with van der Waals surface area (Å²) in [4.78, 5) is 3.40. The molecule has 3 rings (SSSR count). The van der Waals surface area contributed by atoms with Crippen LogP contribution in [-0.4, -0.2) is 10.1 Å². The first-order valence-electron chi connectivity index (χ1n) is 6.03. The fraction of sp³-hybridized carbons (Fsp3) is 0.125. The third kappa shape index (κ3) is 1.66. The fourth-order valence-corrected chi connectivity index (χ4v) is 2.34. The highest BCUT2D eigenvalue weighted by atomic mass is 16.3. The lowest BCUT2D eigenvalue weighted by molar-refractivity contribution is 0.467. The molecule has 0 fully saturated rings. The van der Waals surface area contributed by atoms with Crippen molar-refractivity contribution in [1.82, 2.24) is 4.98 Å². The molecular weight excluding hydrogens is 222 g/mol. The van der Waals surface area contributed by atoms with E-state index >= 15 is 0 Å². The second-order valence-electron chi connectivity index (χ2n) is 4.73. The molecule has 0 saturated carbocycles. The molecule has 0 amide bonds. The number of phenols is 1. The number of aromatic hydroxyl groups is 1. The number of hydrogen-bond donors (Lipinski definition) is 2. The average Bonchev–Trinajstić information content (AvgIpc) is 2.79. The van der Waals surface area contributed by atoms with Gasteiger partial charge in [-0.2, -0.15) is 0 Å². The van der Waals surface area contributed by atoms with Crippen LogP contribution in [0.3, 0.4) is 0 Å². The van der Waals surface area contributed by atoms with Gasteiger partial charge < -0.3 is 10.1 Å². The van der Waals surface area contributed by atoms with Crippen LogP contribution in [0.1, 0.15) is 11.1 Å². The molecule has 90 valence electrons. The van der Waals surface area contributed by atoms with Gasteiger partial charge in [0.15, 0.2) is 0 Å². The first kappa shape index (κ1) is 10.9. The van der Waals surface area contributed by atoms with E-state index in [-0.39, 0.29) is 0 Å². The molecule has 0 bridgehead atoms. The summed E-state index contributed by atoms with van der Waals surface area (Å²) in [5.41, 5.74) is 5.14. The van der Waals surface area contributed by atoms with Crippen LogP contribution in [0, 0.1) is 13.8 Å². The molecule has 2 N–H and O–H groups in total. The van der Waals surface area contributed by atoms with E-state index in [1.807, 2.05) is 38.1 Å². The quantitative estimate of drug-likeness (QED) is 0.655. The van der Waals surface area contributed by atoms with Crippen LogP contribution in [-0.2, 0) is 0 Å². The largest absolute Gasteiger partial charge is 0.507 e. The van der Waals surface area contributed by atoms with Gasteiger partial charge in [0.1, 0.15) is 5.75 Å². The van der Waals surface area contributed by atoms with E-state index in [1.165, 1.54) is 5.39 Å². The highest BCUT2D eigenvalue weighted by Crippen LogP contribution is 2.30. The van der Waals surface area contributed by atoms with Crippen molar-refractivity contribution in [3.05, 3.63) is 53.6 Å². The van der Waals surface area contributed by atoms with E-state index in [4.69, 9.17) is 0 Å². The summed E-state index contributed by atoms with van der Waals surface area (Å²) in [6.07, 6.45) is 0. The van der Waals surface area contributed by atoms with Crippen LogP contribution in [0.5, 0.6) is 5.75 Å². The Morgan fingerprint density at radius 3 is 2.28 bits per heavy atom. The first-order chi connectivity index (χ1) is 8.65. The molecule has 1 heterocycles. The molecule has 0 radical (unpaired) electrons. The molecule has 2 nitrogen and oxygen atoms in total. The van der Waals surface area contributed by atoms with Gasteiger partial charge in [0.2, 0.25) is 0 Å². The zero-order valence-corrected chi connectivity index (χ0v) is 10.5. The molecule has 3 aromatic rings. The number of para-hydroxylation sites is 1. The minimum atomic E-state index is 0.384. The maximum absolute atomic E-state index is 9.81. The van der Waals surface area contributed by atoms with E-state index in [9.17, 15) is 5.11 Å². The van der Waals surface area contributed by atoms with Crippen molar-refractivity contribution >= 4 is 10.9 Å². The Labute approximate surface area is 106 Å². The molecule has 18 heavy (non-hydrogen) atoms. The number of aromatic nitrogens is 1. The molecule has 0 unspecified atom stereocenters. The summed E-state index contributed by atoms with van der Waals surface area (Å²) in [6.45, 7) is 3.85. The predicted octanol–water partition coefficient (Wildman–Crippen LogP) is 4.16. The third-order valence-electron chi connectivity index (χ3n) is 3.33. The minimum absolute atomic E-state index is 0.384. The molecule has 0 atom stereocenters. The molecule has 2 aromatic carbocycles. The SMILES string of the molecule is Cc1cc(-c2cc3ccccc3[nH]2)cc(C)c1O. The lowest BCUT2D eigenvalue weighted by atomic mass is 10.0. The number of fused-ring (bicyclic) bond motifs is 1. The summed E-state index contributed by atoms with van der Waals surface area (Å²) in [5, 5.41) is 11.0. The second-order valence-corrected chi connectivity index (χ2v) is 4.73. The normalized spacial score (nSPS) is 11.0. The van der Waals surface area contributed by atoms with Gasteiger partial charge in [-0.25, -0.2) is 0 Å². The van der Waals surface area contributed by atoms with Crippen LogP contribution in [0.15, 0.2) is 42.5 Å². The van der Waals surface area contributed by atoms with Crippen LogP contribution in [0.25, 0.3) is 22.2 Å². The summed E-state index contributed by atoms with van der Waals surface area (Å²) in [7, 11) is 0. The van der Waals surface area contributed by atoms with Gasteiger partial charge in [0.05, 0.1) is 0 Å². The molecular formula is C16H15NO. The number of phenolic OH excluding ortho intramolecular Hbond substituents is 1. The predicted molar refractivity (Wildman–Crippen MR) is 74.9 cm³/mol. The summed E-state index contributed by atoms with van der Waals surface area (Å²) >= 11 is 0. The molecule has 1 aromatic heterocycles.